The molecule has 22 heavy (non-hydrogen) atoms. The molecule has 2 aromatic rings. The van der Waals surface area contributed by atoms with Crippen LogP contribution in [0.2, 0.25) is 0 Å². The Morgan fingerprint density at radius 3 is 2.32 bits per heavy atom. The van der Waals surface area contributed by atoms with Crippen LogP contribution in [0, 0.1) is 5.82 Å². The molecule has 116 valence electrons. The van der Waals surface area contributed by atoms with Gasteiger partial charge in [0.05, 0.1) is 31.9 Å². The van der Waals surface area contributed by atoms with Crippen molar-refractivity contribution in [1.29, 1.82) is 0 Å². The fourth-order valence-corrected chi connectivity index (χ4v) is 3.19. The van der Waals surface area contributed by atoms with E-state index in [1.165, 1.54) is 22.6 Å². The molecule has 0 unspecified atom stereocenters. The van der Waals surface area contributed by atoms with E-state index in [4.69, 9.17) is 0 Å². The first-order valence-corrected chi connectivity index (χ1v) is 7.78. The average Bonchev–Trinajstić information content (AvgIpc) is 2.56. The number of nitrogens with one attached hydrogen (secondary N) is 1. The molecule has 0 amide bonds. The van der Waals surface area contributed by atoms with Crippen LogP contribution in [0.3, 0.4) is 0 Å². The third-order valence-corrected chi connectivity index (χ3v) is 4.61. The Bertz CT molecular complexity index is 621. The van der Waals surface area contributed by atoms with Gasteiger partial charge >= 0.3 is 0 Å². The maximum Gasteiger partial charge on any atom is 0.138 e. The van der Waals surface area contributed by atoms with Crippen molar-refractivity contribution in [1.82, 2.24) is 0 Å². The van der Waals surface area contributed by atoms with Gasteiger partial charge in [-0.2, -0.15) is 0 Å². The first-order chi connectivity index (χ1) is 10.6. The lowest BCUT2D eigenvalue weighted by molar-refractivity contribution is -0.930. The first-order valence-electron chi connectivity index (χ1n) is 7.78. The van der Waals surface area contributed by atoms with Crippen LogP contribution < -0.4 is 9.80 Å². The lowest BCUT2D eigenvalue weighted by Gasteiger charge is -2.36. The summed E-state index contributed by atoms with van der Waals surface area (Å²) in [6, 6.07) is 14.7. The number of para-hydroxylation sites is 2. The standard InChI is InChI=1S/C18H21FN2O/c1-14(15-6-8-16(19)9-7-15)20-10-12-21(13-11-20)17-4-2-3-5-18(17)22/h2-9,14,22H,10-13H2,1H3/p+1/t14-/m1/s1. The number of halogens is 1. The van der Waals surface area contributed by atoms with Crippen LogP contribution in [0.15, 0.2) is 48.5 Å². The van der Waals surface area contributed by atoms with Crippen molar-refractivity contribution in [3.8, 4) is 5.75 Å². The molecule has 0 aliphatic carbocycles. The van der Waals surface area contributed by atoms with Crippen molar-refractivity contribution in [2.75, 3.05) is 31.1 Å². The predicted octanol–water partition coefficient (Wildman–Crippen LogP) is 2.00. The minimum Gasteiger partial charge on any atom is -0.506 e. The number of piperazine rings is 1. The molecule has 1 aliphatic rings. The van der Waals surface area contributed by atoms with Crippen molar-refractivity contribution < 1.29 is 14.4 Å². The monoisotopic (exact) mass is 301 g/mol. The van der Waals surface area contributed by atoms with E-state index in [9.17, 15) is 9.50 Å². The fraction of sp³-hybridized carbons (Fsp3) is 0.333. The van der Waals surface area contributed by atoms with E-state index in [0.717, 1.165) is 31.9 Å². The molecule has 4 heteroatoms. The van der Waals surface area contributed by atoms with Crippen LogP contribution >= 0.6 is 0 Å². The molecule has 3 nitrogen and oxygen atoms in total. The molecule has 1 atom stereocenters. The Balaban J connectivity index is 1.64. The molecule has 2 aromatic carbocycles. The highest BCUT2D eigenvalue weighted by molar-refractivity contribution is 5.57. The number of hydrogen-bond acceptors (Lipinski definition) is 2. The van der Waals surface area contributed by atoms with Crippen molar-refractivity contribution in [2.24, 2.45) is 0 Å². The highest BCUT2D eigenvalue weighted by Crippen LogP contribution is 2.26. The molecular weight excluding hydrogens is 279 g/mol. The van der Waals surface area contributed by atoms with Crippen LogP contribution in [-0.4, -0.2) is 31.3 Å². The van der Waals surface area contributed by atoms with Gasteiger partial charge in [0.1, 0.15) is 17.6 Å². The molecule has 0 spiro atoms. The second-order valence-corrected chi connectivity index (χ2v) is 5.91. The Kier molecular flexibility index (Phi) is 4.29. The third-order valence-electron chi connectivity index (χ3n) is 4.61. The van der Waals surface area contributed by atoms with E-state index in [2.05, 4.69) is 11.8 Å². The van der Waals surface area contributed by atoms with Crippen molar-refractivity contribution in [3.63, 3.8) is 0 Å². The average molecular weight is 301 g/mol. The number of nitrogens with zero attached hydrogens (tertiary/aromatic N) is 1. The maximum atomic E-state index is 13.0. The molecule has 1 aliphatic heterocycles. The van der Waals surface area contributed by atoms with Gasteiger partial charge in [-0.3, -0.25) is 0 Å². The highest BCUT2D eigenvalue weighted by Gasteiger charge is 2.26. The molecule has 0 radical (unpaired) electrons. The summed E-state index contributed by atoms with van der Waals surface area (Å²) in [7, 11) is 0. The van der Waals surface area contributed by atoms with Gasteiger partial charge < -0.3 is 14.9 Å². The number of rotatable bonds is 3. The lowest BCUT2D eigenvalue weighted by Crippen LogP contribution is -3.14. The molecule has 2 N–H and O–H groups in total. The summed E-state index contributed by atoms with van der Waals surface area (Å²) >= 11 is 0. The van der Waals surface area contributed by atoms with Crippen molar-refractivity contribution in [2.45, 2.75) is 13.0 Å². The van der Waals surface area contributed by atoms with Gasteiger partial charge in [-0.1, -0.05) is 24.3 Å². The largest absolute Gasteiger partial charge is 0.506 e. The smallest absolute Gasteiger partial charge is 0.138 e. The van der Waals surface area contributed by atoms with Gasteiger partial charge in [0.25, 0.3) is 0 Å². The number of benzene rings is 2. The molecule has 1 heterocycles. The SMILES string of the molecule is C[C@H](c1ccc(F)cc1)[NH+]1CCN(c2ccccc2O)CC1. The Hall–Kier alpha value is -2.07. The summed E-state index contributed by atoms with van der Waals surface area (Å²) in [5, 5.41) is 9.96. The summed E-state index contributed by atoms with van der Waals surface area (Å²) < 4.78 is 13.0. The van der Waals surface area contributed by atoms with Gasteiger partial charge in [-0.05, 0) is 31.2 Å². The van der Waals surface area contributed by atoms with E-state index >= 15 is 0 Å². The normalized spacial score (nSPS) is 17.5. The zero-order valence-corrected chi connectivity index (χ0v) is 12.8. The Labute approximate surface area is 130 Å². The van der Waals surface area contributed by atoms with Crippen LogP contribution in [0.5, 0.6) is 5.75 Å². The molecule has 1 saturated heterocycles. The molecule has 3 rings (SSSR count). The minimum absolute atomic E-state index is 0.185. The molecular formula is C18H22FN2O+. The van der Waals surface area contributed by atoms with E-state index in [0.29, 0.717) is 11.8 Å². The summed E-state index contributed by atoms with van der Waals surface area (Å²) in [5.41, 5.74) is 2.09. The number of phenols is 1. The van der Waals surface area contributed by atoms with Crippen LogP contribution in [-0.2, 0) is 0 Å². The zero-order chi connectivity index (χ0) is 15.5. The van der Waals surface area contributed by atoms with Gasteiger partial charge in [0.15, 0.2) is 0 Å². The van der Waals surface area contributed by atoms with E-state index in [1.54, 1.807) is 6.07 Å². The second kappa shape index (κ2) is 6.36. The fourth-order valence-electron chi connectivity index (χ4n) is 3.19. The van der Waals surface area contributed by atoms with Crippen molar-refractivity contribution in [3.05, 3.63) is 59.9 Å². The minimum atomic E-state index is -0.185. The Morgan fingerprint density at radius 2 is 1.68 bits per heavy atom. The second-order valence-electron chi connectivity index (χ2n) is 5.91. The van der Waals surface area contributed by atoms with Crippen LogP contribution in [0.25, 0.3) is 0 Å². The van der Waals surface area contributed by atoms with Gasteiger partial charge in [0.2, 0.25) is 0 Å². The number of hydrogen-bond donors (Lipinski definition) is 2. The maximum absolute atomic E-state index is 13.0. The number of quaternary nitrogens is 1. The lowest BCUT2D eigenvalue weighted by atomic mass is 10.1. The summed E-state index contributed by atoms with van der Waals surface area (Å²) in [6.45, 7) is 6.04. The van der Waals surface area contributed by atoms with Crippen LogP contribution in [0.1, 0.15) is 18.5 Å². The molecule has 0 bridgehead atoms. The molecule has 0 aromatic heterocycles. The summed E-state index contributed by atoms with van der Waals surface area (Å²) in [4.78, 5) is 3.73. The quantitative estimate of drug-likeness (QED) is 0.907. The van der Waals surface area contributed by atoms with Gasteiger partial charge in [-0.25, -0.2) is 4.39 Å². The topological polar surface area (TPSA) is 27.9 Å². The molecule has 0 saturated carbocycles. The van der Waals surface area contributed by atoms with E-state index < -0.39 is 0 Å². The summed E-state index contributed by atoms with van der Waals surface area (Å²) in [6.07, 6.45) is 0. The number of anilines is 1. The number of aromatic hydroxyl groups is 1. The highest BCUT2D eigenvalue weighted by atomic mass is 19.1. The predicted molar refractivity (Wildman–Crippen MR) is 85.8 cm³/mol. The van der Waals surface area contributed by atoms with E-state index in [1.807, 2.05) is 30.3 Å². The number of phenolic OH excluding ortho intramolecular Hbond substituents is 1. The van der Waals surface area contributed by atoms with Gasteiger partial charge in [0, 0.05) is 5.56 Å². The molecule has 1 fully saturated rings. The first kappa shape index (κ1) is 14.9. The van der Waals surface area contributed by atoms with Crippen molar-refractivity contribution >= 4 is 5.69 Å². The zero-order valence-electron chi connectivity index (χ0n) is 12.8. The van der Waals surface area contributed by atoms with E-state index in [-0.39, 0.29) is 5.82 Å². The Morgan fingerprint density at radius 1 is 1.05 bits per heavy atom. The summed E-state index contributed by atoms with van der Waals surface area (Å²) in [5.74, 6) is 0.160. The van der Waals surface area contributed by atoms with Crippen LogP contribution in [0.4, 0.5) is 10.1 Å². The third kappa shape index (κ3) is 3.07. The van der Waals surface area contributed by atoms with Gasteiger partial charge in [-0.15, -0.1) is 0 Å².